The molecule has 11 heteroatoms. The molecular weight excluding hydrogens is 592 g/mol. The van der Waals surface area contributed by atoms with Gasteiger partial charge in [0.1, 0.15) is 17.7 Å². The summed E-state index contributed by atoms with van der Waals surface area (Å²) >= 11 is 0. The number of benzene rings is 2. The number of urea groups is 1. The highest BCUT2D eigenvalue weighted by molar-refractivity contribution is 5.89. The molecule has 0 radical (unpaired) electrons. The Balaban J connectivity index is 1.07. The van der Waals surface area contributed by atoms with Crippen LogP contribution >= 0.6 is 0 Å². The van der Waals surface area contributed by atoms with Crippen molar-refractivity contribution in [2.45, 2.75) is 64.6 Å². The average molecular weight is 635 g/mol. The molecule has 244 valence electrons. The van der Waals surface area contributed by atoms with Crippen LogP contribution in [0.25, 0.3) is 11.3 Å². The highest BCUT2D eigenvalue weighted by Gasteiger charge is 2.30. The molecule has 0 spiro atoms. The summed E-state index contributed by atoms with van der Waals surface area (Å²) in [5.41, 5.74) is 5.69. The molecule has 1 aliphatic heterocycles. The largest absolute Gasteiger partial charge is 0.484 e. The fraction of sp³-hybridized carbons (Fsp3) is 0.389. The predicted molar refractivity (Wildman–Crippen MR) is 180 cm³/mol. The molecule has 11 nitrogen and oxygen atoms in total. The monoisotopic (exact) mass is 634 g/mol. The minimum atomic E-state index is -0.274. The lowest BCUT2D eigenvalue weighted by molar-refractivity contribution is 0.0329. The lowest BCUT2D eigenvalue weighted by Crippen LogP contribution is -2.36. The molecule has 5 aromatic rings. The highest BCUT2D eigenvalue weighted by Crippen LogP contribution is 2.39. The number of aryl methyl sites for hydroxylation is 1. The third kappa shape index (κ3) is 6.72. The number of ether oxygens (including phenoxy) is 2. The Morgan fingerprint density at radius 2 is 1.74 bits per heavy atom. The van der Waals surface area contributed by atoms with Gasteiger partial charge in [0.15, 0.2) is 11.5 Å². The zero-order valence-electron chi connectivity index (χ0n) is 27.4. The van der Waals surface area contributed by atoms with E-state index in [0.717, 1.165) is 84.4 Å². The SMILES string of the molecule is Cc1ccc(-n2nc(C(C)(C)C)cc2NC(=O)N[C@H]2CC[C@@H](Oc3ccc4nnc(CN5CCOCC5)n4c3)c3ccccc32)cc1. The molecule has 3 aromatic heterocycles. The first-order chi connectivity index (χ1) is 22.7. The molecule has 2 amide bonds. The van der Waals surface area contributed by atoms with E-state index >= 15 is 0 Å². The van der Waals surface area contributed by atoms with E-state index in [-0.39, 0.29) is 23.6 Å². The molecule has 1 aliphatic carbocycles. The van der Waals surface area contributed by atoms with Crippen molar-refractivity contribution in [3.63, 3.8) is 0 Å². The van der Waals surface area contributed by atoms with Crippen LogP contribution in [0.5, 0.6) is 5.75 Å². The van der Waals surface area contributed by atoms with Crippen molar-refractivity contribution in [3.05, 3.63) is 101 Å². The first kappa shape index (κ1) is 30.9. The van der Waals surface area contributed by atoms with Crippen LogP contribution in [0.2, 0.25) is 0 Å². The summed E-state index contributed by atoms with van der Waals surface area (Å²) in [6.45, 7) is 12.3. The van der Waals surface area contributed by atoms with E-state index in [1.165, 1.54) is 0 Å². The van der Waals surface area contributed by atoms with E-state index in [1.807, 2.05) is 65.2 Å². The van der Waals surface area contributed by atoms with Gasteiger partial charge in [0.25, 0.3) is 0 Å². The number of hydrogen-bond donors (Lipinski definition) is 2. The molecule has 0 unspecified atom stereocenters. The number of aromatic nitrogens is 5. The van der Waals surface area contributed by atoms with Gasteiger partial charge in [0.05, 0.1) is 43.4 Å². The van der Waals surface area contributed by atoms with Gasteiger partial charge in [-0.25, -0.2) is 9.48 Å². The van der Waals surface area contributed by atoms with Crippen molar-refractivity contribution in [1.82, 2.24) is 34.6 Å². The number of nitrogens with zero attached hydrogens (tertiary/aromatic N) is 6. The molecule has 2 N–H and O–H groups in total. The molecule has 7 rings (SSSR count). The molecule has 1 fully saturated rings. The van der Waals surface area contributed by atoms with Crippen molar-refractivity contribution in [1.29, 1.82) is 0 Å². The number of anilines is 1. The average Bonchev–Trinajstić information content (AvgIpc) is 3.67. The summed E-state index contributed by atoms with van der Waals surface area (Å²) in [5.74, 6) is 2.26. The van der Waals surface area contributed by atoms with Crippen LogP contribution in [0, 0.1) is 6.92 Å². The van der Waals surface area contributed by atoms with Gasteiger partial charge in [-0.2, -0.15) is 5.10 Å². The Labute approximate surface area is 274 Å². The summed E-state index contributed by atoms with van der Waals surface area (Å²) in [5, 5.41) is 20.0. The molecule has 0 saturated carbocycles. The summed E-state index contributed by atoms with van der Waals surface area (Å²) in [7, 11) is 0. The summed E-state index contributed by atoms with van der Waals surface area (Å²) in [4.78, 5) is 15.8. The van der Waals surface area contributed by atoms with E-state index < -0.39 is 0 Å². The Morgan fingerprint density at radius 3 is 2.51 bits per heavy atom. The predicted octanol–water partition coefficient (Wildman–Crippen LogP) is 6.13. The van der Waals surface area contributed by atoms with Crippen molar-refractivity contribution >= 4 is 17.5 Å². The number of pyridine rings is 1. The van der Waals surface area contributed by atoms with Crippen LogP contribution in [-0.2, 0) is 16.7 Å². The maximum Gasteiger partial charge on any atom is 0.320 e. The number of nitrogens with one attached hydrogen (secondary N) is 2. The molecule has 2 atom stereocenters. The van der Waals surface area contributed by atoms with Gasteiger partial charge in [-0.15, -0.1) is 10.2 Å². The zero-order valence-corrected chi connectivity index (χ0v) is 27.4. The van der Waals surface area contributed by atoms with E-state index in [9.17, 15) is 4.79 Å². The maximum atomic E-state index is 13.5. The topological polar surface area (TPSA) is 111 Å². The second kappa shape index (κ2) is 12.8. The Morgan fingerprint density at radius 1 is 0.979 bits per heavy atom. The third-order valence-corrected chi connectivity index (χ3v) is 8.93. The number of carbonyl (C=O) groups is 1. The minimum absolute atomic E-state index is 0.152. The molecular formula is C36H42N8O3. The normalized spacial score (nSPS) is 18.6. The van der Waals surface area contributed by atoms with E-state index in [1.54, 1.807) is 4.68 Å². The maximum absolute atomic E-state index is 13.5. The Kier molecular flexibility index (Phi) is 8.42. The highest BCUT2D eigenvalue weighted by atomic mass is 16.5. The molecule has 2 aromatic carbocycles. The molecule has 0 bridgehead atoms. The number of morpholine rings is 1. The fourth-order valence-corrected chi connectivity index (χ4v) is 6.27. The van der Waals surface area contributed by atoms with Crippen LogP contribution in [0.1, 0.15) is 74.0 Å². The Hall–Kier alpha value is -4.74. The van der Waals surface area contributed by atoms with Gasteiger partial charge < -0.3 is 14.8 Å². The molecule has 4 heterocycles. The van der Waals surface area contributed by atoms with Crippen LogP contribution in [-0.4, -0.2) is 61.6 Å². The van der Waals surface area contributed by atoms with E-state index in [4.69, 9.17) is 14.6 Å². The standard InChI is InChI=1S/C36H42N8O3/c1-24-9-11-25(12-10-24)44-33(21-31(41-44)36(2,3)4)38-35(45)37-29-14-15-30(28-8-6-5-7-27(28)29)47-26-13-16-32-39-40-34(43(32)22-26)23-42-17-19-46-20-18-42/h5-13,16,21-22,29-30H,14-15,17-20,23H2,1-4H3,(H2,37,38,45)/t29-,30+/m0/s1. The fourth-order valence-electron chi connectivity index (χ4n) is 6.27. The van der Waals surface area contributed by atoms with Crippen molar-refractivity contribution < 1.29 is 14.3 Å². The smallest absolute Gasteiger partial charge is 0.320 e. The number of hydrogen-bond acceptors (Lipinski definition) is 7. The number of rotatable bonds is 7. The van der Waals surface area contributed by atoms with Crippen molar-refractivity contribution in [2.75, 3.05) is 31.6 Å². The Bertz CT molecular complexity index is 1870. The first-order valence-corrected chi connectivity index (χ1v) is 16.4. The van der Waals surface area contributed by atoms with Crippen LogP contribution in [0.4, 0.5) is 10.6 Å². The second-order valence-electron chi connectivity index (χ2n) is 13.5. The molecule has 47 heavy (non-hydrogen) atoms. The minimum Gasteiger partial charge on any atom is -0.484 e. The molecule has 1 saturated heterocycles. The van der Waals surface area contributed by atoms with E-state index in [2.05, 4.69) is 65.6 Å². The summed E-state index contributed by atoms with van der Waals surface area (Å²) in [6, 6.07) is 21.7. The number of amides is 2. The molecule has 2 aliphatic rings. The van der Waals surface area contributed by atoms with Gasteiger partial charge in [0.2, 0.25) is 0 Å². The van der Waals surface area contributed by atoms with Gasteiger partial charge in [-0.1, -0.05) is 62.7 Å². The lowest BCUT2D eigenvalue weighted by atomic mass is 9.85. The van der Waals surface area contributed by atoms with Gasteiger partial charge >= 0.3 is 6.03 Å². The lowest BCUT2D eigenvalue weighted by Gasteiger charge is -2.32. The van der Waals surface area contributed by atoms with Crippen LogP contribution in [0.15, 0.2) is 72.9 Å². The van der Waals surface area contributed by atoms with E-state index in [0.29, 0.717) is 12.4 Å². The quantitative estimate of drug-likeness (QED) is 0.222. The van der Waals surface area contributed by atoms with Crippen LogP contribution in [0.3, 0.4) is 0 Å². The second-order valence-corrected chi connectivity index (χ2v) is 13.5. The number of carbonyl (C=O) groups excluding carboxylic acids is 1. The summed E-state index contributed by atoms with van der Waals surface area (Å²) in [6.07, 6.45) is 3.31. The van der Waals surface area contributed by atoms with Gasteiger partial charge in [-0.05, 0) is 55.2 Å². The van der Waals surface area contributed by atoms with Crippen molar-refractivity contribution in [2.24, 2.45) is 0 Å². The number of fused-ring (bicyclic) bond motifs is 2. The first-order valence-electron chi connectivity index (χ1n) is 16.4. The zero-order chi connectivity index (χ0) is 32.5. The van der Waals surface area contributed by atoms with Crippen LogP contribution < -0.4 is 15.4 Å². The third-order valence-electron chi connectivity index (χ3n) is 8.93. The summed E-state index contributed by atoms with van der Waals surface area (Å²) < 4.78 is 15.9. The van der Waals surface area contributed by atoms with Gasteiger partial charge in [-0.3, -0.25) is 14.6 Å². The van der Waals surface area contributed by atoms with Crippen molar-refractivity contribution in [3.8, 4) is 11.4 Å². The van der Waals surface area contributed by atoms with Gasteiger partial charge in [0, 0.05) is 24.6 Å².